The average molecular weight is 194 g/mol. The van der Waals surface area contributed by atoms with Crippen molar-refractivity contribution >= 4 is 5.97 Å². The standard InChI is InChI=1S/C12H18O2/c1-6-10(4)7-8-12(9(2)3)14-11(5)13/h6-7,12H,1-2,8H2,3-5H3/b10-7-/t12-/m1/s1. The van der Waals surface area contributed by atoms with Crippen LogP contribution in [-0.4, -0.2) is 12.1 Å². The van der Waals surface area contributed by atoms with Gasteiger partial charge < -0.3 is 4.74 Å². The molecule has 0 aromatic carbocycles. The van der Waals surface area contributed by atoms with Crippen molar-refractivity contribution in [2.45, 2.75) is 33.3 Å². The molecule has 0 aromatic heterocycles. The molecule has 1 atom stereocenters. The summed E-state index contributed by atoms with van der Waals surface area (Å²) in [5.41, 5.74) is 1.93. The maximum absolute atomic E-state index is 10.8. The largest absolute Gasteiger partial charge is 0.458 e. The van der Waals surface area contributed by atoms with Crippen LogP contribution in [0.5, 0.6) is 0 Å². The molecule has 0 rings (SSSR count). The molecule has 0 saturated carbocycles. The van der Waals surface area contributed by atoms with Crippen molar-refractivity contribution in [3.63, 3.8) is 0 Å². The lowest BCUT2D eigenvalue weighted by Gasteiger charge is -2.15. The van der Waals surface area contributed by atoms with E-state index in [1.54, 1.807) is 6.08 Å². The second-order valence-electron chi connectivity index (χ2n) is 3.33. The summed E-state index contributed by atoms with van der Waals surface area (Å²) < 4.78 is 5.09. The summed E-state index contributed by atoms with van der Waals surface area (Å²) in [7, 11) is 0. The highest BCUT2D eigenvalue weighted by atomic mass is 16.5. The van der Waals surface area contributed by atoms with Crippen LogP contribution in [0, 0.1) is 0 Å². The van der Waals surface area contributed by atoms with Gasteiger partial charge in [-0.2, -0.15) is 0 Å². The Labute approximate surface area is 86.0 Å². The molecule has 0 N–H and O–H groups in total. The quantitative estimate of drug-likeness (QED) is 0.382. The molecule has 14 heavy (non-hydrogen) atoms. The van der Waals surface area contributed by atoms with E-state index in [0.29, 0.717) is 6.42 Å². The van der Waals surface area contributed by atoms with E-state index in [-0.39, 0.29) is 12.1 Å². The van der Waals surface area contributed by atoms with Crippen molar-refractivity contribution in [3.8, 4) is 0 Å². The van der Waals surface area contributed by atoms with Crippen LogP contribution < -0.4 is 0 Å². The van der Waals surface area contributed by atoms with Crippen LogP contribution in [0.4, 0.5) is 0 Å². The van der Waals surface area contributed by atoms with Crippen molar-refractivity contribution in [1.29, 1.82) is 0 Å². The minimum Gasteiger partial charge on any atom is -0.458 e. The van der Waals surface area contributed by atoms with E-state index >= 15 is 0 Å². The smallest absolute Gasteiger partial charge is 0.303 e. The first-order valence-corrected chi connectivity index (χ1v) is 4.59. The van der Waals surface area contributed by atoms with Gasteiger partial charge in [-0.3, -0.25) is 4.79 Å². The Morgan fingerprint density at radius 1 is 1.43 bits per heavy atom. The third kappa shape index (κ3) is 5.36. The van der Waals surface area contributed by atoms with Gasteiger partial charge in [0.05, 0.1) is 0 Å². The Bertz CT molecular complexity index is 261. The van der Waals surface area contributed by atoms with Gasteiger partial charge in [0, 0.05) is 13.3 Å². The van der Waals surface area contributed by atoms with Gasteiger partial charge in [-0.05, 0) is 19.4 Å². The number of hydrogen-bond donors (Lipinski definition) is 0. The highest BCUT2D eigenvalue weighted by molar-refractivity contribution is 5.66. The molecule has 2 nitrogen and oxygen atoms in total. The SMILES string of the molecule is C=C/C(C)=C\C[C@@H](OC(C)=O)C(=C)C. The summed E-state index contributed by atoms with van der Waals surface area (Å²) in [6.45, 7) is 12.6. The van der Waals surface area contributed by atoms with Gasteiger partial charge in [-0.25, -0.2) is 0 Å². The number of carbonyl (C=O) groups is 1. The molecule has 0 unspecified atom stereocenters. The lowest BCUT2D eigenvalue weighted by Crippen LogP contribution is -2.16. The Balaban J connectivity index is 4.31. The maximum atomic E-state index is 10.8. The fraction of sp³-hybridized carbons (Fsp3) is 0.417. The van der Waals surface area contributed by atoms with E-state index in [0.717, 1.165) is 11.1 Å². The minimum absolute atomic E-state index is 0.220. The minimum atomic E-state index is -0.275. The fourth-order valence-corrected chi connectivity index (χ4v) is 0.926. The zero-order valence-corrected chi connectivity index (χ0v) is 9.17. The Morgan fingerprint density at radius 3 is 2.36 bits per heavy atom. The summed E-state index contributed by atoms with van der Waals surface area (Å²) in [4.78, 5) is 10.8. The predicted octanol–water partition coefficient (Wildman–Crippen LogP) is 3.02. The van der Waals surface area contributed by atoms with E-state index in [2.05, 4.69) is 13.2 Å². The number of rotatable bonds is 5. The van der Waals surface area contributed by atoms with Gasteiger partial charge >= 0.3 is 5.97 Å². The molecule has 0 amide bonds. The number of ether oxygens (including phenoxy) is 1. The van der Waals surface area contributed by atoms with Crippen LogP contribution in [-0.2, 0) is 9.53 Å². The van der Waals surface area contributed by atoms with E-state index in [4.69, 9.17) is 4.74 Å². The first-order valence-electron chi connectivity index (χ1n) is 4.59. The molecular formula is C12H18O2. The van der Waals surface area contributed by atoms with E-state index < -0.39 is 0 Å². The molecule has 0 aliphatic heterocycles. The zero-order chi connectivity index (χ0) is 11.1. The van der Waals surface area contributed by atoms with E-state index in [9.17, 15) is 4.79 Å². The summed E-state index contributed by atoms with van der Waals surface area (Å²) in [5.74, 6) is -0.275. The fourth-order valence-electron chi connectivity index (χ4n) is 0.926. The second kappa shape index (κ2) is 6.19. The lowest BCUT2D eigenvalue weighted by molar-refractivity contribution is -0.144. The second-order valence-corrected chi connectivity index (χ2v) is 3.33. The van der Waals surface area contributed by atoms with Crippen LogP contribution >= 0.6 is 0 Å². The Hall–Kier alpha value is -1.31. The Morgan fingerprint density at radius 2 is 2.00 bits per heavy atom. The molecule has 0 aromatic rings. The molecule has 2 heteroatoms. The van der Waals surface area contributed by atoms with Gasteiger partial charge in [0.15, 0.2) is 0 Å². The van der Waals surface area contributed by atoms with Crippen molar-refractivity contribution in [1.82, 2.24) is 0 Å². The van der Waals surface area contributed by atoms with Gasteiger partial charge in [-0.1, -0.05) is 30.9 Å². The summed E-state index contributed by atoms with van der Waals surface area (Å²) in [5, 5.41) is 0. The number of esters is 1. The van der Waals surface area contributed by atoms with Gasteiger partial charge in [0.25, 0.3) is 0 Å². The van der Waals surface area contributed by atoms with Crippen molar-refractivity contribution in [2.75, 3.05) is 0 Å². The highest BCUT2D eigenvalue weighted by Crippen LogP contribution is 2.11. The van der Waals surface area contributed by atoms with E-state index in [1.165, 1.54) is 6.92 Å². The molecule has 0 heterocycles. The predicted molar refractivity (Wildman–Crippen MR) is 58.9 cm³/mol. The third-order valence-electron chi connectivity index (χ3n) is 1.83. The molecule has 0 saturated heterocycles. The van der Waals surface area contributed by atoms with Crippen molar-refractivity contribution in [2.24, 2.45) is 0 Å². The number of allylic oxidation sites excluding steroid dienone is 2. The van der Waals surface area contributed by atoms with Crippen LogP contribution in [0.3, 0.4) is 0 Å². The third-order valence-corrected chi connectivity index (χ3v) is 1.83. The molecule has 0 aliphatic carbocycles. The first kappa shape index (κ1) is 12.7. The van der Waals surface area contributed by atoms with Gasteiger partial charge in [0.1, 0.15) is 6.10 Å². The molecule has 0 fully saturated rings. The van der Waals surface area contributed by atoms with Gasteiger partial charge in [-0.15, -0.1) is 0 Å². The summed E-state index contributed by atoms with van der Waals surface area (Å²) >= 11 is 0. The molecule has 0 aliphatic rings. The van der Waals surface area contributed by atoms with Crippen molar-refractivity contribution < 1.29 is 9.53 Å². The molecular weight excluding hydrogens is 176 g/mol. The monoisotopic (exact) mass is 194 g/mol. The topological polar surface area (TPSA) is 26.3 Å². The maximum Gasteiger partial charge on any atom is 0.303 e. The molecule has 0 spiro atoms. The van der Waals surface area contributed by atoms with Crippen LogP contribution in [0.15, 0.2) is 36.5 Å². The number of carbonyl (C=O) groups excluding carboxylic acids is 1. The van der Waals surface area contributed by atoms with Crippen LogP contribution in [0.2, 0.25) is 0 Å². The summed E-state index contributed by atoms with van der Waals surface area (Å²) in [6, 6.07) is 0. The zero-order valence-electron chi connectivity index (χ0n) is 9.17. The summed E-state index contributed by atoms with van der Waals surface area (Å²) in [6.07, 6.45) is 4.19. The first-order chi connectivity index (χ1) is 6.47. The molecule has 0 radical (unpaired) electrons. The van der Waals surface area contributed by atoms with Crippen LogP contribution in [0.1, 0.15) is 27.2 Å². The molecule has 0 bridgehead atoms. The highest BCUT2D eigenvalue weighted by Gasteiger charge is 2.10. The van der Waals surface area contributed by atoms with Crippen molar-refractivity contribution in [3.05, 3.63) is 36.5 Å². The normalized spacial score (nSPS) is 13.2. The Kier molecular flexibility index (Phi) is 5.61. The number of hydrogen-bond acceptors (Lipinski definition) is 2. The average Bonchev–Trinajstić information content (AvgIpc) is 2.10. The van der Waals surface area contributed by atoms with Crippen LogP contribution in [0.25, 0.3) is 0 Å². The van der Waals surface area contributed by atoms with Gasteiger partial charge in [0.2, 0.25) is 0 Å². The lowest BCUT2D eigenvalue weighted by atomic mass is 10.1. The van der Waals surface area contributed by atoms with E-state index in [1.807, 2.05) is 19.9 Å². The molecule has 78 valence electrons.